The van der Waals surface area contributed by atoms with Crippen molar-refractivity contribution in [1.82, 2.24) is 9.97 Å². The summed E-state index contributed by atoms with van der Waals surface area (Å²) < 4.78 is 10.5. The lowest BCUT2D eigenvalue weighted by Gasteiger charge is -2.11. The van der Waals surface area contributed by atoms with Crippen LogP contribution in [0.1, 0.15) is 0 Å². The van der Waals surface area contributed by atoms with Gasteiger partial charge in [-0.05, 0) is 6.07 Å². The van der Waals surface area contributed by atoms with E-state index in [0.717, 1.165) is 0 Å². The molecule has 0 spiro atoms. The molecule has 0 saturated carbocycles. The number of aromatic nitrogens is 2. The van der Waals surface area contributed by atoms with Gasteiger partial charge in [0.25, 0.3) is 5.56 Å². The summed E-state index contributed by atoms with van der Waals surface area (Å²) in [5.74, 6) is 1.73. The largest absolute Gasteiger partial charge is 0.454 e. The number of ether oxygens (including phenoxy) is 2. The zero-order valence-corrected chi connectivity index (χ0v) is 9.48. The molecule has 0 unspecified atom stereocenters. The number of nitrogens with one attached hydrogen (secondary N) is 1. The number of hydrogen-bond donors (Lipinski definition) is 1. The molecule has 1 aliphatic rings. The minimum Gasteiger partial charge on any atom is -0.454 e. The molecule has 2 heterocycles. The molecule has 1 aromatic heterocycles. The van der Waals surface area contributed by atoms with Crippen molar-refractivity contribution in [2.24, 2.45) is 0 Å². The molecular formula is C11H11N3O3. The van der Waals surface area contributed by atoms with E-state index in [1.165, 1.54) is 0 Å². The number of H-pyrrole nitrogens is 1. The Balaban J connectivity index is 2.32. The van der Waals surface area contributed by atoms with Crippen molar-refractivity contribution >= 4 is 16.9 Å². The zero-order chi connectivity index (χ0) is 12.0. The maximum atomic E-state index is 11.9. The molecule has 17 heavy (non-hydrogen) atoms. The third-order valence-corrected chi connectivity index (χ3v) is 2.61. The molecule has 0 radical (unpaired) electrons. The Kier molecular flexibility index (Phi) is 1.98. The number of benzene rings is 1. The Morgan fingerprint density at radius 1 is 1.29 bits per heavy atom. The zero-order valence-electron chi connectivity index (χ0n) is 9.48. The SMILES string of the molecule is CN(C)c1nc2cc3c(cc2c(=O)[nH]1)OCO3. The highest BCUT2D eigenvalue weighted by atomic mass is 16.7. The van der Waals surface area contributed by atoms with Crippen LogP contribution in [0.4, 0.5) is 5.95 Å². The normalized spacial score (nSPS) is 13.1. The molecule has 0 fully saturated rings. The third kappa shape index (κ3) is 1.49. The number of nitrogens with zero attached hydrogens (tertiary/aromatic N) is 2. The number of fused-ring (bicyclic) bond motifs is 2. The first-order valence-corrected chi connectivity index (χ1v) is 5.16. The second-order valence-corrected chi connectivity index (χ2v) is 4.01. The van der Waals surface area contributed by atoms with Crippen LogP contribution in [-0.4, -0.2) is 30.9 Å². The van der Waals surface area contributed by atoms with Gasteiger partial charge >= 0.3 is 0 Å². The lowest BCUT2D eigenvalue weighted by Crippen LogP contribution is -2.18. The molecule has 6 heteroatoms. The quantitative estimate of drug-likeness (QED) is 0.786. The van der Waals surface area contributed by atoms with Gasteiger partial charge in [0.1, 0.15) is 0 Å². The van der Waals surface area contributed by atoms with Gasteiger partial charge in [-0.2, -0.15) is 0 Å². The van der Waals surface area contributed by atoms with Crippen molar-refractivity contribution in [1.29, 1.82) is 0 Å². The highest BCUT2D eigenvalue weighted by Gasteiger charge is 2.16. The topological polar surface area (TPSA) is 67.5 Å². The van der Waals surface area contributed by atoms with Crippen molar-refractivity contribution in [3.63, 3.8) is 0 Å². The Hall–Kier alpha value is -2.24. The van der Waals surface area contributed by atoms with Gasteiger partial charge in [0.05, 0.1) is 10.9 Å². The van der Waals surface area contributed by atoms with E-state index in [2.05, 4.69) is 9.97 Å². The lowest BCUT2D eigenvalue weighted by atomic mass is 10.2. The number of aromatic amines is 1. The van der Waals surface area contributed by atoms with Crippen LogP contribution >= 0.6 is 0 Å². The van der Waals surface area contributed by atoms with Crippen LogP contribution in [-0.2, 0) is 0 Å². The minimum atomic E-state index is -0.183. The molecular weight excluding hydrogens is 222 g/mol. The molecule has 1 aliphatic heterocycles. The van der Waals surface area contributed by atoms with E-state index in [-0.39, 0.29) is 12.4 Å². The summed E-state index contributed by atoms with van der Waals surface area (Å²) in [6.45, 7) is 0.185. The molecule has 0 bridgehead atoms. The fourth-order valence-corrected chi connectivity index (χ4v) is 1.73. The van der Waals surface area contributed by atoms with Gasteiger partial charge in [-0.1, -0.05) is 0 Å². The van der Waals surface area contributed by atoms with Gasteiger partial charge in [-0.15, -0.1) is 0 Å². The first-order chi connectivity index (χ1) is 8.15. The lowest BCUT2D eigenvalue weighted by molar-refractivity contribution is 0.174. The van der Waals surface area contributed by atoms with E-state index < -0.39 is 0 Å². The van der Waals surface area contributed by atoms with Gasteiger partial charge in [0.2, 0.25) is 12.7 Å². The predicted molar refractivity (Wildman–Crippen MR) is 62.8 cm³/mol. The van der Waals surface area contributed by atoms with Gasteiger partial charge in [0, 0.05) is 20.2 Å². The standard InChI is InChI=1S/C11H11N3O3/c1-14(2)11-12-7-4-9-8(16-5-17-9)3-6(7)10(15)13-11/h3-4H,5H2,1-2H3,(H,12,13,15). The second-order valence-electron chi connectivity index (χ2n) is 4.01. The maximum absolute atomic E-state index is 11.9. The first-order valence-electron chi connectivity index (χ1n) is 5.16. The van der Waals surface area contributed by atoms with E-state index in [0.29, 0.717) is 28.4 Å². The van der Waals surface area contributed by atoms with Crippen molar-refractivity contribution in [2.75, 3.05) is 25.8 Å². The number of rotatable bonds is 1. The molecule has 1 aromatic carbocycles. The van der Waals surface area contributed by atoms with E-state index in [1.807, 2.05) is 14.1 Å². The third-order valence-electron chi connectivity index (χ3n) is 2.61. The summed E-state index contributed by atoms with van der Waals surface area (Å²) >= 11 is 0. The minimum absolute atomic E-state index is 0.183. The number of anilines is 1. The summed E-state index contributed by atoms with van der Waals surface area (Å²) in [6.07, 6.45) is 0. The Bertz CT molecular complexity index is 648. The predicted octanol–water partition coefficient (Wildman–Crippen LogP) is 0.718. The van der Waals surface area contributed by atoms with Crippen LogP contribution in [0.5, 0.6) is 11.5 Å². The Morgan fingerprint density at radius 2 is 2.00 bits per heavy atom. The molecule has 2 aromatic rings. The fraction of sp³-hybridized carbons (Fsp3) is 0.273. The molecule has 0 amide bonds. The molecule has 0 aliphatic carbocycles. The number of hydrogen-bond acceptors (Lipinski definition) is 5. The van der Waals surface area contributed by atoms with Crippen molar-refractivity contribution < 1.29 is 9.47 Å². The smallest absolute Gasteiger partial charge is 0.260 e. The first kappa shape index (κ1) is 9.95. The second kappa shape index (κ2) is 3.38. The summed E-state index contributed by atoms with van der Waals surface area (Å²) in [5, 5.41) is 0.500. The molecule has 88 valence electrons. The van der Waals surface area contributed by atoms with Gasteiger partial charge in [-0.25, -0.2) is 4.98 Å². The van der Waals surface area contributed by atoms with Crippen LogP contribution in [0, 0.1) is 0 Å². The summed E-state index contributed by atoms with van der Waals surface area (Å²) in [5.41, 5.74) is 0.415. The summed E-state index contributed by atoms with van der Waals surface area (Å²) in [6, 6.07) is 3.38. The van der Waals surface area contributed by atoms with Gasteiger partial charge < -0.3 is 14.4 Å². The average molecular weight is 233 g/mol. The van der Waals surface area contributed by atoms with Gasteiger partial charge in [0.15, 0.2) is 11.5 Å². The fourth-order valence-electron chi connectivity index (χ4n) is 1.73. The molecule has 6 nitrogen and oxygen atoms in total. The van der Waals surface area contributed by atoms with Crippen molar-refractivity contribution in [3.05, 3.63) is 22.5 Å². The average Bonchev–Trinajstić information content (AvgIpc) is 2.73. The monoisotopic (exact) mass is 233 g/mol. The molecule has 0 atom stereocenters. The van der Waals surface area contributed by atoms with Crippen molar-refractivity contribution in [2.45, 2.75) is 0 Å². The van der Waals surface area contributed by atoms with Crippen LogP contribution < -0.4 is 19.9 Å². The Labute approximate surface area is 96.8 Å². The summed E-state index contributed by atoms with van der Waals surface area (Å²) in [4.78, 5) is 20.7. The molecule has 3 rings (SSSR count). The molecule has 1 N–H and O–H groups in total. The van der Waals surface area contributed by atoms with E-state index in [9.17, 15) is 4.79 Å². The van der Waals surface area contributed by atoms with Crippen molar-refractivity contribution in [3.8, 4) is 11.5 Å². The van der Waals surface area contributed by atoms with Crippen LogP contribution in [0.15, 0.2) is 16.9 Å². The van der Waals surface area contributed by atoms with E-state index in [4.69, 9.17) is 9.47 Å². The maximum Gasteiger partial charge on any atom is 0.260 e. The Morgan fingerprint density at radius 3 is 2.71 bits per heavy atom. The van der Waals surface area contributed by atoms with E-state index >= 15 is 0 Å². The van der Waals surface area contributed by atoms with E-state index in [1.54, 1.807) is 17.0 Å². The van der Waals surface area contributed by atoms with Gasteiger partial charge in [-0.3, -0.25) is 9.78 Å². The highest BCUT2D eigenvalue weighted by Crippen LogP contribution is 2.34. The molecule has 0 saturated heterocycles. The van der Waals surface area contributed by atoms with Crippen LogP contribution in [0.3, 0.4) is 0 Å². The van der Waals surface area contributed by atoms with Crippen LogP contribution in [0.25, 0.3) is 10.9 Å². The summed E-state index contributed by atoms with van der Waals surface area (Å²) in [7, 11) is 3.63. The van der Waals surface area contributed by atoms with Crippen LogP contribution in [0.2, 0.25) is 0 Å². The highest BCUT2D eigenvalue weighted by molar-refractivity contribution is 5.82.